The molecule has 5 heteroatoms. The Labute approximate surface area is 124 Å². The summed E-state index contributed by atoms with van der Waals surface area (Å²) in [5.41, 5.74) is 1.70. The second-order valence-electron chi connectivity index (χ2n) is 4.42. The molecule has 1 aliphatic rings. The summed E-state index contributed by atoms with van der Waals surface area (Å²) >= 11 is 1.80. The lowest BCUT2D eigenvalue weighted by atomic mass is 10.0. The van der Waals surface area contributed by atoms with Crippen LogP contribution in [0.3, 0.4) is 0 Å². The fraction of sp³-hybridized carbons (Fsp3) is 0.467. The first-order chi connectivity index (χ1) is 9.83. The Morgan fingerprint density at radius 3 is 3.10 bits per heavy atom. The molecule has 0 spiro atoms. The highest BCUT2D eigenvalue weighted by Crippen LogP contribution is 2.21. The highest BCUT2D eigenvalue weighted by atomic mass is 32.2. The van der Waals surface area contributed by atoms with Crippen molar-refractivity contribution in [1.29, 1.82) is 0 Å². The molecule has 1 saturated heterocycles. The minimum Gasteiger partial charge on any atom is -0.263 e. The third-order valence-electron chi connectivity index (χ3n) is 2.91. The van der Waals surface area contributed by atoms with Gasteiger partial charge in [0.15, 0.2) is 5.65 Å². The lowest BCUT2D eigenvalue weighted by Gasteiger charge is -2.22. The fourth-order valence-corrected chi connectivity index (χ4v) is 2.93. The summed E-state index contributed by atoms with van der Waals surface area (Å²) in [7, 11) is 0. The minimum absolute atomic E-state index is 0.413. The number of imidazole rings is 1. The van der Waals surface area contributed by atoms with Crippen LogP contribution in [0.4, 0.5) is 0 Å². The second kappa shape index (κ2) is 7.32. The maximum atomic E-state index is 4.28. The highest BCUT2D eigenvalue weighted by molar-refractivity contribution is 7.98. The lowest BCUT2D eigenvalue weighted by molar-refractivity contribution is 0.575. The third-order valence-corrected chi connectivity index (χ3v) is 3.84. The summed E-state index contributed by atoms with van der Waals surface area (Å²) < 4.78 is 5.11. The Morgan fingerprint density at radius 1 is 1.45 bits per heavy atom. The Hall–Kier alpha value is -1.51. The molecule has 2 unspecified atom stereocenters. The molecule has 2 aromatic rings. The molecule has 2 atom stereocenters. The smallest absolute Gasteiger partial charge is 0.154 e. The van der Waals surface area contributed by atoms with E-state index in [1.807, 2.05) is 26.0 Å². The molecule has 0 amide bonds. The average Bonchev–Trinajstić information content (AvgIpc) is 2.91. The first-order valence-electron chi connectivity index (χ1n) is 7.02. The van der Waals surface area contributed by atoms with Crippen LogP contribution in [0.2, 0.25) is 0 Å². The van der Waals surface area contributed by atoms with Crippen molar-refractivity contribution in [2.75, 3.05) is 6.54 Å². The van der Waals surface area contributed by atoms with E-state index in [0.29, 0.717) is 11.2 Å². The van der Waals surface area contributed by atoms with Crippen molar-refractivity contribution in [3.05, 3.63) is 30.2 Å². The van der Waals surface area contributed by atoms with Gasteiger partial charge in [0.2, 0.25) is 0 Å². The zero-order valence-electron chi connectivity index (χ0n) is 12.1. The molecule has 0 aromatic carbocycles. The van der Waals surface area contributed by atoms with Crippen LogP contribution in [0.15, 0.2) is 24.5 Å². The summed E-state index contributed by atoms with van der Waals surface area (Å²) in [6, 6.07) is 3.81. The highest BCUT2D eigenvalue weighted by Gasteiger charge is 2.16. The first kappa shape index (κ1) is 14.9. The van der Waals surface area contributed by atoms with Crippen molar-refractivity contribution >= 4 is 17.6 Å². The SMILES string of the molecule is CC.CC1CC(C#Cc2cnc3cccnn23)CNS1. The van der Waals surface area contributed by atoms with Gasteiger partial charge in [-0.1, -0.05) is 38.6 Å². The number of hydrogen-bond acceptors (Lipinski definition) is 4. The molecular weight excluding hydrogens is 268 g/mol. The van der Waals surface area contributed by atoms with E-state index >= 15 is 0 Å². The maximum Gasteiger partial charge on any atom is 0.154 e. The summed E-state index contributed by atoms with van der Waals surface area (Å²) in [4.78, 5) is 4.28. The van der Waals surface area contributed by atoms with Crippen molar-refractivity contribution in [1.82, 2.24) is 19.3 Å². The van der Waals surface area contributed by atoms with Crippen LogP contribution in [0.25, 0.3) is 5.65 Å². The maximum absolute atomic E-state index is 4.28. The molecular formula is C15H20N4S. The molecule has 4 nitrogen and oxygen atoms in total. The molecule has 0 saturated carbocycles. The lowest BCUT2D eigenvalue weighted by Crippen LogP contribution is -2.27. The van der Waals surface area contributed by atoms with Gasteiger partial charge in [-0.05, 0) is 24.5 Å². The normalized spacial score (nSPS) is 21.6. The van der Waals surface area contributed by atoms with E-state index < -0.39 is 0 Å². The van der Waals surface area contributed by atoms with Crippen LogP contribution >= 0.6 is 11.9 Å². The van der Waals surface area contributed by atoms with Crippen molar-refractivity contribution in [2.24, 2.45) is 5.92 Å². The van der Waals surface area contributed by atoms with Crippen molar-refractivity contribution in [3.63, 3.8) is 0 Å². The number of rotatable bonds is 0. The van der Waals surface area contributed by atoms with Crippen molar-refractivity contribution in [2.45, 2.75) is 32.4 Å². The molecule has 3 rings (SSSR count). The first-order valence-corrected chi connectivity index (χ1v) is 7.90. The monoisotopic (exact) mass is 288 g/mol. The van der Waals surface area contributed by atoms with Gasteiger partial charge < -0.3 is 0 Å². The number of aromatic nitrogens is 3. The van der Waals surface area contributed by atoms with Gasteiger partial charge in [-0.2, -0.15) is 5.10 Å². The molecule has 3 heterocycles. The molecule has 20 heavy (non-hydrogen) atoms. The second-order valence-corrected chi connectivity index (χ2v) is 5.75. The van der Waals surface area contributed by atoms with Gasteiger partial charge in [-0.3, -0.25) is 4.72 Å². The zero-order valence-corrected chi connectivity index (χ0v) is 12.9. The Kier molecular flexibility index (Phi) is 5.45. The quantitative estimate of drug-likeness (QED) is 0.598. The zero-order chi connectivity index (χ0) is 14.4. The standard InChI is InChI=1S/C13H14N4S.C2H6/c1-10-7-11(8-16-18-10)4-5-12-9-14-13-3-2-6-15-17(12)13;1-2/h2-3,6,9-11,16H,7-8H2,1H3;1-2H3. The summed E-state index contributed by atoms with van der Waals surface area (Å²) in [6.45, 7) is 7.17. The Morgan fingerprint density at radius 2 is 2.30 bits per heavy atom. The molecule has 0 bridgehead atoms. The van der Waals surface area contributed by atoms with Crippen LogP contribution in [0, 0.1) is 17.8 Å². The summed E-state index contributed by atoms with van der Waals surface area (Å²) in [5.74, 6) is 6.93. The van der Waals surface area contributed by atoms with Gasteiger partial charge in [0.25, 0.3) is 0 Å². The van der Waals surface area contributed by atoms with Gasteiger partial charge in [0.1, 0.15) is 5.69 Å². The van der Waals surface area contributed by atoms with E-state index in [0.717, 1.165) is 24.3 Å². The predicted molar refractivity (Wildman–Crippen MR) is 84.4 cm³/mol. The topological polar surface area (TPSA) is 42.2 Å². The van der Waals surface area contributed by atoms with Crippen LogP contribution in [0.1, 0.15) is 32.9 Å². The molecule has 0 aliphatic carbocycles. The minimum atomic E-state index is 0.413. The number of hydrogen-bond donors (Lipinski definition) is 1. The third kappa shape index (κ3) is 3.53. The van der Waals surface area contributed by atoms with Crippen molar-refractivity contribution in [3.8, 4) is 11.8 Å². The Balaban J connectivity index is 0.000000704. The summed E-state index contributed by atoms with van der Waals surface area (Å²) in [5, 5.41) is 4.88. The van der Waals surface area contributed by atoms with E-state index in [-0.39, 0.29) is 0 Å². The molecule has 2 aromatic heterocycles. The van der Waals surface area contributed by atoms with E-state index in [9.17, 15) is 0 Å². The van der Waals surface area contributed by atoms with Gasteiger partial charge in [0, 0.05) is 23.9 Å². The number of fused-ring (bicyclic) bond motifs is 1. The number of nitrogens with one attached hydrogen (secondary N) is 1. The summed E-state index contributed by atoms with van der Waals surface area (Å²) in [6.07, 6.45) is 4.67. The Bertz CT molecular complexity index is 611. The van der Waals surface area contributed by atoms with Crippen LogP contribution in [0.5, 0.6) is 0 Å². The van der Waals surface area contributed by atoms with Crippen LogP contribution in [-0.4, -0.2) is 26.4 Å². The molecule has 0 radical (unpaired) electrons. The van der Waals surface area contributed by atoms with Gasteiger partial charge in [-0.25, -0.2) is 9.50 Å². The van der Waals surface area contributed by atoms with Gasteiger partial charge in [-0.15, -0.1) is 0 Å². The van der Waals surface area contributed by atoms with Crippen LogP contribution in [-0.2, 0) is 0 Å². The average molecular weight is 288 g/mol. The molecule has 1 fully saturated rings. The fourth-order valence-electron chi connectivity index (χ4n) is 2.02. The van der Waals surface area contributed by atoms with Gasteiger partial charge >= 0.3 is 0 Å². The molecule has 106 valence electrons. The predicted octanol–water partition coefficient (Wildman–Crippen LogP) is 2.75. The van der Waals surface area contributed by atoms with E-state index in [1.165, 1.54) is 0 Å². The van der Waals surface area contributed by atoms with Crippen LogP contribution < -0.4 is 4.72 Å². The number of nitrogens with zero attached hydrogens (tertiary/aromatic N) is 3. The molecule has 1 aliphatic heterocycles. The van der Waals surface area contributed by atoms with Gasteiger partial charge in [0.05, 0.1) is 6.20 Å². The molecule has 1 N–H and O–H groups in total. The van der Waals surface area contributed by atoms with Crippen molar-refractivity contribution < 1.29 is 0 Å². The van der Waals surface area contributed by atoms with E-state index in [4.69, 9.17) is 0 Å². The van der Waals surface area contributed by atoms with E-state index in [1.54, 1.807) is 28.9 Å². The largest absolute Gasteiger partial charge is 0.263 e. The van der Waals surface area contributed by atoms with E-state index in [2.05, 4.69) is 33.6 Å².